The molecule has 0 fully saturated rings. The van der Waals surface area contributed by atoms with Gasteiger partial charge in [0.15, 0.2) is 0 Å². The van der Waals surface area contributed by atoms with Crippen LogP contribution in [0.15, 0.2) is 60.9 Å². The molecule has 0 saturated heterocycles. The Hall–Kier alpha value is -3.15. The maximum atomic E-state index is 13.8. The highest BCUT2D eigenvalue weighted by atomic mass is 19.1. The van der Waals surface area contributed by atoms with Crippen molar-refractivity contribution in [2.45, 2.75) is 25.8 Å². The number of nitrogens with one attached hydrogen (secondary N) is 1. The number of rotatable bonds is 6. The van der Waals surface area contributed by atoms with Gasteiger partial charge in [0, 0.05) is 18.2 Å². The summed E-state index contributed by atoms with van der Waals surface area (Å²) in [5.41, 5.74) is 2.06. The first-order valence-electron chi connectivity index (χ1n) is 8.39. The Bertz CT molecular complexity index is 907. The quantitative estimate of drug-likeness (QED) is 0.712. The second kappa shape index (κ2) is 7.82. The topological polar surface area (TPSA) is 67.2 Å². The summed E-state index contributed by atoms with van der Waals surface area (Å²) in [6.45, 7) is 1.86. The molecule has 1 amide bonds. The number of hydrogen-bond acceptors (Lipinski definition) is 3. The van der Waals surface area contributed by atoms with Crippen LogP contribution in [-0.4, -0.2) is 20.8 Å². The van der Waals surface area contributed by atoms with Gasteiger partial charge in [0.1, 0.15) is 17.3 Å². The van der Waals surface area contributed by atoms with Crippen LogP contribution in [0.2, 0.25) is 0 Å². The second-order valence-corrected chi connectivity index (χ2v) is 6.13. The highest BCUT2D eigenvalue weighted by Gasteiger charge is 2.13. The predicted molar refractivity (Wildman–Crippen MR) is 96.5 cm³/mol. The Kier molecular flexibility index (Phi) is 5.31. The molecule has 1 unspecified atom stereocenters. The lowest BCUT2D eigenvalue weighted by molar-refractivity contribution is -0.121. The smallest absolute Gasteiger partial charge is 0.220 e. The van der Waals surface area contributed by atoms with Gasteiger partial charge in [-0.05, 0) is 43.2 Å². The minimum Gasteiger partial charge on any atom is -0.508 e. The van der Waals surface area contributed by atoms with E-state index in [1.54, 1.807) is 48.8 Å². The fourth-order valence-corrected chi connectivity index (χ4v) is 2.70. The molecule has 5 nitrogen and oxygen atoms in total. The molecule has 0 aliphatic rings. The monoisotopic (exact) mass is 353 g/mol. The third-order valence-corrected chi connectivity index (χ3v) is 4.13. The number of aromatic nitrogens is 2. The summed E-state index contributed by atoms with van der Waals surface area (Å²) in [6.07, 6.45) is 4.18. The van der Waals surface area contributed by atoms with Crippen molar-refractivity contribution in [2.24, 2.45) is 0 Å². The minimum absolute atomic E-state index is 0.0977. The van der Waals surface area contributed by atoms with Gasteiger partial charge in [-0.3, -0.25) is 4.79 Å². The first kappa shape index (κ1) is 17.7. The summed E-state index contributed by atoms with van der Waals surface area (Å²) < 4.78 is 15.3. The Morgan fingerprint density at radius 1 is 1.27 bits per heavy atom. The van der Waals surface area contributed by atoms with Gasteiger partial charge in [0.25, 0.3) is 0 Å². The summed E-state index contributed by atoms with van der Waals surface area (Å²) in [6, 6.07) is 13.0. The minimum atomic E-state index is -0.357. The number of carbonyl (C=O) groups excluding carboxylic acids is 1. The SMILES string of the molecule is CC(NC(=O)CCc1cccc(O)c1)c1cnn(-c2ccccc2F)c1. The summed E-state index contributed by atoms with van der Waals surface area (Å²) in [4.78, 5) is 12.2. The molecule has 2 N–H and O–H groups in total. The maximum Gasteiger partial charge on any atom is 0.220 e. The molecule has 6 heteroatoms. The predicted octanol–water partition coefficient (Wildman–Crippen LogP) is 3.53. The molecule has 2 aromatic carbocycles. The van der Waals surface area contributed by atoms with E-state index >= 15 is 0 Å². The van der Waals surface area contributed by atoms with Crippen molar-refractivity contribution in [1.82, 2.24) is 15.1 Å². The molecular weight excluding hydrogens is 333 g/mol. The third kappa shape index (κ3) is 4.27. The van der Waals surface area contributed by atoms with Crippen LogP contribution in [0.5, 0.6) is 5.75 Å². The summed E-state index contributed by atoms with van der Waals surface area (Å²) in [5, 5.41) is 16.5. The van der Waals surface area contributed by atoms with Gasteiger partial charge in [0.05, 0.1) is 12.2 Å². The van der Waals surface area contributed by atoms with Crippen molar-refractivity contribution in [2.75, 3.05) is 0 Å². The lowest BCUT2D eigenvalue weighted by Gasteiger charge is -2.12. The number of phenols is 1. The number of nitrogens with zero attached hydrogens (tertiary/aromatic N) is 2. The summed E-state index contributed by atoms with van der Waals surface area (Å²) in [5.74, 6) is -0.263. The van der Waals surface area contributed by atoms with Gasteiger partial charge < -0.3 is 10.4 Å². The van der Waals surface area contributed by atoms with E-state index in [2.05, 4.69) is 10.4 Å². The lowest BCUT2D eigenvalue weighted by atomic mass is 10.1. The highest BCUT2D eigenvalue weighted by molar-refractivity contribution is 5.76. The Balaban J connectivity index is 1.59. The van der Waals surface area contributed by atoms with Crippen molar-refractivity contribution in [3.8, 4) is 11.4 Å². The number of benzene rings is 2. The number of hydrogen-bond donors (Lipinski definition) is 2. The standard InChI is InChI=1S/C20H20FN3O2/c1-14(23-20(26)10-9-15-5-4-6-17(25)11-15)16-12-22-24(13-16)19-8-3-2-7-18(19)21/h2-8,11-14,25H,9-10H2,1H3,(H,23,26). The van der Waals surface area contributed by atoms with E-state index in [1.165, 1.54) is 10.7 Å². The first-order valence-corrected chi connectivity index (χ1v) is 8.39. The normalized spacial score (nSPS) is 11.9. The molecular formula is C20H20FN3O2. The number of aryl methyl sites for hydroxylation is 1. The lowest BCUT2D eigenvalue weighted by Crippen LogP contribution is -2.26. The molecule has 3 rings (SSSR count). The van der Waals surface area contributed by atoms with Gasteiger partial charge in [-0.1, -0.05) is 24.3 Å². The average molecular weight is 353 g/mol. The van der Waals surface area contributed by atoms with Crippen molar-refractivity contribution < 1.29 is 14.3 Å². The van der Waals surface area contributed by atoms with Crippen LogP contribution in [0.1, 0.15) is 30.5 Å². The van der Waals surface area contributed by atoms with Crippen LogP contribution < -0.4 is 5.32 Å². The van der Waals surface area contributed by atoms with Crippen LogP contribution in [0, 0.1) is 5.82 Å². The van der Waals surface area contributed by atoms with E-state index < -0.39 is 0 Å². The fourth-order valence-electron chi connectivity index (χ4n) is 2.70. The molecule has 0 bridgehead atoms. The molecule has 3 aromatic rings. The van der Waals surface area contributed by atoms with Crippen LogP contribution in [0.3, 0.4) is 0 Å². The van der Waals surface area contributed by atoms with Gasteiger partial charge in [-0.25, -0.2) is 9.07 Å². The van der Waals surface area contributed by atoms with Crippen LogP contribution >= 0.6 is 0 Å². The number of phenolic OH excluding ortho intramolecular Hbond substituents is 1. The Labute approximate surface area is 151 Å². The van der Waals surface area contributed by atoms with E-state index in [9.17, 15) is 14.3 Å². The van der Waals surface area contributed by atoms with Crippen molar-refractivity contribution >= 4 is 5.91 Å². The second-order valence-electron chi connectivity index (χ2n) is 6.13. The maximum absolute atomic E-state index is 13.8. The Morgan fingerprint density at radius 3 is 2.85 bits per heavy atom. The zero-order chi connectivity index (χ0) is 18.5. The zero-order valence-electron chi connectivity index (χ0n) is 14.4. The molecule has 0 aliphatic heterocycles. The first-order chi connectivity index (χ1) is 12.5. The van der Waals surface area contributed by atoms with E-state index in [1.807, 2.05) is 13.0 Å². The Morgan fingerprint density at radius 2 is 2.08 bits per heavy atom. The van der Waals surface area contributed by atoms with E-state index in [-0.39, 0.29) is 23.5 Å². The van der Waals surface area contributed by atoms with Gasteiger partial charge >= 0.3 is 0 Å². The average Bonchev–Trinajstić information content (AvgIpc) is 3.10. The summed E-state index contributed by atoms with van der Waals surface area (Å²) in [7, 11) is 0. The number of carbonyl (C=O) groups is 1. The molecule has 0 spiro atoms. The van der Waals surface area contributed by atoms with Gasteiger partial charge in [-0.2, -0.15) is 5.10 Å². The molecule has 1 heterocycles. The van der Waals surface area contributed by atoms with Crippen LogP contribution in [-0.2, 0) is 11.2 Å². The van der Waals surface area contributed by atoms with Crippen molar-refractivity contribution in [3.63, 3.8) is 0 Å². The largest absolute Gasteiger partial charge is 0.508 e. The molecule has 0 aliphatic carbocycles. The molecule has 0 radical (unpaired) electrons. The zero-order valence-corrected chi connectivity index (χ0v) is 14.4. The van der Waals surface area contributed by atoms with Crippen LogP contribution in [0.25, 0.3) is 5.69 Å². The molecule has 1 aromatic heterocycles. The number of halogens is 1. The third-order valence-electron chi connectivity index (χ3n) is 4.13. The molecule has 134 valence electrons. The van der Waals surface area contributed by atoms with Crippen molar-refractivity contribution in [1.29, 1.82) is 0 Å². The van der Waals surface area contributed by atoms with Gasteiger partial charge in [-0.15, -0.1) is 0 Å². The van der Waals surface area contributed by atoms with Crippen molar-refractivity contribution in [3.05, 3.63) is 77.9 Å². The number of aromatic hydroxyl groups is 1. The number of amides is 1. The molecule has 0 saturated carbocycles. The van der Waals surface area contributed by atoms with Gasteiger partial charge in [0.2, 0.25) is 5.91 Å². The summed E-state index contributed by atoms with van der Waals surface area (Å²) >= 11 is 0. The van der Waals surface area contributed by atoms with E-state index in [0.717, 1.165) is 11.1 Å². The van der Waals surface area contributed by atoms with Crippen LogP contribution in [0.4, 0.5) is 4.39 Å². The molecule has 26 heavy (non-hydrogen) atoms. The van der Waals surface area contributed by atoms with E-state index in [0.29, 0.717) is 18.5 Å². The highest BCUT2D eigenvalue weighted by Crippen LogP contribution is 2.17. The molecule has 1 atom stereocenters. The van der Waals surface area contributed by atoms with E-state index in [4.69, 9.17) is 0 Å². The number of para-hydroxylation sites is 1. The fraction of sp³-hybridized carbons (Fsp3) is 0.200.